The molecule has 0 saturated heterocycles. The number of carboxylic acids is 1. The Morgan fingerprint density at radius 3 is 2.90 bits per heavy atom. The van der Waals surface area contributed by atoms with Crippen molar-refractivity contribution >= 4 is 16.7 Å². The summed E-state index contributed by atoms with van der Waals surface area (Å²) in [7, 11) is 0. The normalized spacial score (nSPS) is 11.2. The van der Waals surface area contributed by atoms with Crippen LogP contribution in [-0.4, -0.2) is 11.1 Å². The van der Waals surface area contributed by atoms with Crippen molar-refractivity contribution < 1.29 is 9.90 Å². The molecule has 0 unspecified atom stereocenters. The smallest absolute Gasteiger partial charge is 0.328 e. The number of rotatable bonds is 4. The van der Waals surface area contributed by atoms with E-state index in [0.29, 0.717) is 5.56 Å². The molecule has 0 amide bonds. The number of allylic oxidation sites excluding steroid dienone is 3. The van der Waals surface area contributed by atoms with E-state index in [9.17, 15) is 4.79 Å². The topological polar surface area (TPSA) is 61.1 Å². The summed E-state index contributed by atoms with van der Waals surface area (Å²) in [6.07, 6.45) is 6.92. The molecule has 0 aliphatic heterocycles. The zero-order valence-electron chi connectivity index (χ0n) is 10.7. The number of hydrogen-bond acceptors (Lipinski definition) is 2. The number of benzene rings is 2. The lowest BCUT2D eigenvalue weighted by molar-refractivity contribution is -0.131. The predicted octanol–water partition coefficient (Wildman–Crippen LogP) is 3.25. The molecule has 0 bridgehead atoms. The van der Waals surface area contributed by atoms with Gasteiger partial charge >= 0.3 is 5.97 Å². The second-order valence-corrected chi connectivity index (χ2v) is 4.24. The average molecular weight is 262 g/mol. The van der Waals surface area contributed by atoms with E-state index in [1.807, 2.05) is 30.3 Å². The molecule has 2 aromatic carbocycles. The van der Waals surface area contributed by atoms with Crippen molar-refractivity contribution in [3.63, 3.8) is 0 Å². The second-order valence-electron chi connectivity index (χ2n) is 4.24. The van der Waals surface area contributed by atoms with Crippen LogP contribution in [0.2, 0.25) is 0 Å². The number of hydrogen-bond donors (Lipinski definition) is 1. The molecule has 2 aromatic rings. The highest BCUT2D eigenvalue weighted by atomic mass is 16.4. The third-order valence-corrected chi connectivity index (χ3v) is 2.77. The van der Waals surface area contributed by atoms with Gasteiger partial charge in [-0.2, -0.15) is 5.26 Å². The quantitative estimate of drug-likeness (QED) is 0.679. The first-order valence-electron chi connectivity index (χ1n) is 6.10. The molecule has 0 aliphatic rings. The Labute approximate surface area is 117 Å². The van der Waals surface area contributed by atoms with Crippen molar-refractivity contribution in [3.05, 3.63) is 71.8 Å². The van der Waals surface area contributed by atoms with Gasteiger partial charge in [0.05, 0.1) is 11.6 Å². The fraction of sp³-hybridized carbons (Fsp3) is 0.0588. The van der Waals surface area contributed by atoms with Crippen molar-refractivity contribution in [1.29, 1.82) is 5.26 Å². The van der Waals surface area contributed by atoms with Crippen LogP contribution in [0.25, 0.3) is 10.8 Å². The summed E-state index contributed by atoms with van der Waals surface area (Å²) in [6, 6.07) is 14.7. The number of fused-ring (bicyclic) bond motifs is 1. The van der Waals surface area contributed by atoms with Gasteiger partial charge in [0.15, 0.2) is 0 Å². The number of nitriles is 1. The molecule has 0 aliphatic carbocycles. The average Bonchev–Trinajstić information content (AvgIpc) is 2.46. The number of carbonyl (C=O) groups is 1. The lowest BCUT2D eigenvalue weighted by atomic mass is 10.0. The van der Waals surface area contributed by atoms with E-state index in [1.165, 1.54) is 6.08 Å². The minimum Gasteiger partial charge on any atom is -0.478 e. The van der Waals surface area contributed by atoms with Gasteiger partial charge in [-0.1, -0.05) is 42.5 Å². The molecule has 1 N–H and O–H groups in total. The van der Waals surface area contributed by atoms with E-state index in [4.69, 9.17) is 10.4 Å². The third-order valence-electron chi connectivity index (χ3n) is 2.77. The fourth-order valence-corrected chi connectivity index (χ4v) is 1.84. The van der Waals surface area contributed by atoms with Gasteiger partial charge in [0.2, 0.25) is 0 Å². The van der Waals surface area contributed by atoms with Gasteiger partial charge in [0, 0.05) is 12.1 Å². The van der Waals surface area contributed by atoms with Crippen molar-refractivity contribution in [2.24, 2.45) is 0 Å². The molecule has 3 nitrogen and oxygen atoms in total. The first-order valence-corrected chi connectivity index (χ1v) is 6.10. The van der Waals surface area contributed by atoms with Crippen molar-refractivity contribution in [2.75, 3.05) is 0 Å². The Hall–Kier alpha value is -2.86. The van der Waals surface area contributed by atoms with Gasteiger partial charge in [-0.15, -0.1) is 0 Å². The first-order chi connectivity index (χ1) is 9.69. The second kappa shape index (κ2) is 6.35. The van der Waals surface area contributed by atoms with Crippen molar-refractivity contribution in [3.8, 4) is 6.07 Å². The Kier molecular flexibility index (Phi) is 4.31. The Bertz CT molecular complexity index is 736. The number of aliphatic carboxylic acids is 1. The number of carboxylic acid groups (broad SMARTS) is 1. The Morgan fingerprint density at radius 1 is 1.30 bits per heavy atom. The minimum atomic E-state index is -0.954. The van der Waals surface area contributed by atoms with E-state index in [0.717, 1.165) is 28.8 Å². The standard InChI is InChI=1S/C17H12NO2/c18-12-14-7-9-15-10-13(6-8-16(15)11-14)4-2-1-3-5-17(19)20/h1-3,5-10H,4H2,(H,19,20)/b2-1+,5-3+. The van der Waals surface area contributed by atoms with Crippen LogP contribution in [0.15, 0.2) is 54.6 Å². The predicted molar refractivity (Wildman–Crippen MR) is 77.1 cm³/mol. The summed E-state index contributed by atoms with van der Waals surface area (Å²) in [4.78, 5) is 10.3. The van der Waals surface area contributed by atoms with Gasteiger partial charge < -0.3 is 5.11 Å². The lowest BCUT2D eigenvalue weighted by Crippen LogP contribution is -1.85. The lowest BCUT2D eigenvalue weighted by Gasteiger charge is -2.01. The van der Waals surface area contributed by atoms with Gasteiger partial charge in [-0.05, 0) is 28.8 Å². The maximum absolute atomic E-state index is 10.3. The molecule has 0 fully saturated rings. The van der Waals surface area contributed by atoms with E-state index >= 15 is 0 Å². The highest BCUT2D eigenvalue weighted by Gasteiger charge is 1.98. The minimum absolute atomic E-state index is 0.531. The molecule has 2 rings (SSSR count). The summed E-state index contributed by atoms with van der Waals surface area (Å²) < 4.78 is 0. The summed E-state index contributed by atoms with van der Waals surface area (Å²) in [5.74, 6) is -0.954. The van der Waals surface area contributed by atoms with Crippen LogP contribution in [0.5, 0.6) is 0 Å². The van der Waals surface area contributed by atoms with E-state index in [1.54, 1.807) is 12.1 Å². The van der Waals surface area contributed by atoms with Crippen molar-refractivity contribution in [1.82, 2.24) is 0 Å². The van der Waals surface area contributed by atoms with E-state index in [2.05, 4.69) is 12.1 Å². The van der Waals surface area contributed by atoms with E-state index in [-0.39, 0.29) is 0 Å². The highest BCUT2D eigenvalue weighted by molar-refractivity contribution is 5.83. The largest absolute Gasteiger partial charge is 0.478 e. The molecule has 97 valence electrons. The SMILES string of the molecule is N#Cc1[c]c2ccc(C/C=C/C=C/C(=O)O)cc2cc1. The van der Waals surface area contributed by atoms with Crippen LogP contribution in [0.3, 0.4) is 0 Å². The zero-order chi connectivity index (χ0) is 14.4. The molecule has 0 saturated carbocycles. The van der Waals surface area contributed by atoms with Crippen LogP contribution in [0.1, 0.15) is 11.1 Å². The summed E-state index contributed by atoms with van der Waals surface area (Å²) in [6.45, 7) is 0. The van der Waals surface area contributed by atoms with Crippen LogP contribution >= 0.6 is 0 Å². The molecule has 3 heteroatoms. The maximum atomic E-state index is 10.3. The molecule has 0 atom stereocenters. The third kappa shape index (κ3) is 3.56. The van der Waals surface area contributed by atoms with Crippen LogP contribution in [-0.2, 0) is 11.2 Å². The number of nitrogens with zero attached hydrogens (tertiary/aromatic N) is 1. The van der Waals surface area contributed by atoms with Crippen LogP contribution in [0.4, 0.5) is 0 Å². The first kappa shape index (κ1) is 13.6. The molecular weight excluding hydrogens is 250 g/mol. The summed E-state index contributed by atoms with van der Waals surface area (Å²) >= 11 is 0. The summed E-state index contributed by atoms with van der Waals surface area (Å²) in [5.41, 5.74) is 1.65. The fourth-order valence-electron chi connectivity index (χ4n) is 1.84. The maximum Gasteiger partial charge on any atom is 0.328 e. The monoisotopic (exact) mass is 262 g/mol. The summed E-state index contributed by atoms with van der Waals surface area (Å²) in [5, 5.41) is 19.2. The van der Waals surface area contributed by atoms with Crippen LogP contribution in [0, 0.1) is 17.4 Å². The molecule has 0 aromatic heterocycles. The van der Waals surface area contributed by atoms with Gasteiger partial charge in [-0.3, -0.25) is 0 Å². The molecule has 1 radical (unpaired) electrons. The van der Waals surface area contributed by atoms with Gasteiger partial charge in [0.25, 0.3) is 0 Å². The van der Waals surface area contributed by atoms with E-state index < -0.39 is 5.97 Å². The van der Waals surface area contributed by atoms with Crippen molar-refractivity contribution in [2.45, 2.75) is 6.42 Å². The Balaban J connectivity index is 2.12. The van der Waals surface area contributed by atoms with Gasteiger partial charge in [-0.25, -0.2) is 4.79 Å². The molecule has 20 heavy (non-hydrogen) atoms. The molecule has 0 spiro atoms. The molecular formula is C17H12NO2. The van der Waals surface area contributed by atoms with Gasteiger partial charge in [0.1, 0.15) is 0 Å². The highest BCUT2D eigenvalue weighted by Crippen LogP contribution is 2.17. The Morgan fingerprint density at radius 2 is 2.15 bits per heavy atom. The zero-order valence-corrected chi connectivity index (χ0v) is 10.7. The molecule has 0 heterocycles. The van der Waals surface area contributed by atoms with Crippen LogP contribution < -0.4 is 0 Å².